The van der Waals surface area contributed by atoms with Gasteiger partial charge in [0.15, 0.2) is 0 Å². The summed E-state index contributed by atoms with van der Waals surface area (Å²) in [4.78, 5) is 14.0. The summed E-state index contributed by atoms with van der Waals surface area (Å²) in [5, 5.41) is 14.2. The molecular formula is C16H27N3O2. The van der Waals surface area contributed by atoms with Crippen LogP contribution in [0.2, 0.25) is 0 Å². The molecule has 1 unspecified atom stereocenters. The van der Waals surface area contributed by atoms with E-state index in [1.54, 1.807) is 0 Å². The SMILES string of the molecule is CCCC1(C(=O)O)CCCN(Cc2ccn(C(C)C)n2)C1. The predicted octanol–water partition coefficient (Wildman–Crippen LogP) is 2.93. The van der Waals surface area contributed by atoms with E-state index in [0.29, 0.717) is 12.6 Å². The fourth-order valence-electron chi connectivity index (χ4n) is 3.30. The molecule has 0 bridgehead atoms. The van der Waals surface area contributed by atoms with Gasteiger partial charge in [0.2, 0.25) is 0 Å². The summed E-state index contributed by atoms with van der Waals surface area (Å²) in [5.74, 6) is -0.637. The van der Waals surface area contributed by atoms with Gasteiger partial charge in [-0.2, -0.15) is 5.10 Å². The summed E-state index contributed by atoms with van der Waals surface area (Å²) in [7, 11) is 0. The highest BCUT2D eigenvalue weighted by Gasteiger charge is 2.41. The lowest BCUT2D eigenvalue weighted by atomic mass is 9.76. The summed E-state index contributed by atoms with van der Waals surface area (Å²) in [6.07, 6.45) is 5.44. The maximum Gasteiger partial charge on any atom is 0.310 e. The Morgan fingerprint density at radius 1 is 1.52 bits per heavy atom. The molecule has 0 aromatic carbocycles. The molecule has 1 N–H and O–H groups in total. The molecule has 1 saturated heterocycles. The molecule has 0 radical (unpaired) electrons. The van der Waals surface area contributed by atoms with E-state index < -0.39 is 11.4 Å². The Morgan fingerprint density at radius 3 is 2.86 bits per heavy atom. The average molecular weight is 293 g/mol. The minimum absolute atomic E-state index is 0.360. The monoisotopic (exact) mass is 293 g/mol. The maximum absolute atomic E-state index is 11.7. The predicted molar refractivity (Wildman–Crippen MR) is 82.1 cm³/mol. The van der Waals surface area contributed by atoms with E-state index in [-0.39, 0.29) is 0 Å². The van der Waals surface area contributed by atoms with Crippen LogP contribution >= 0.6 is 0 Å². The van der Waals surface area contributed by atoms with E-state index in [1.165, 1.54) is 0 Å². The van der Waals surface area contributed by atoms with Crippen LogP contribution in [-0.2, 0) is 11.3 Å². The zero-order chi connectivity index (χ0) is 15.5. The van der Waals surface area contributed by atoms with Crippen LogP contribution in [0, 0.1) is 5.41 Å². The van der Waals surface area contributed by atoms with E-state index in [2.05, 4.69) is 30.8 Å². The first-order valence-corrected chi connectivity index (χ1v) is 7.96. The van der Waals surface area contributed by atoms with Crippen LogP contribution in [0.1, 0.15) is 58.2 Å². The van der Waals surface area contributed by atoms with Gasteiger partial charge in [0, 0.05) is 25.3 Å². The summed E-state index contributed by atoms with van der Waals surface area (Å²) in [6, 6.07) is 2.40. The van der Waals surface area contributed by atoms with Gasteiger partial charge in [0.1, 0.15) is 0 Å². The molecule has 21 heavy (non-hydrogen) atoms. The lowest BCUT2D eigenvalue weighted by Gasteiger charge is -2.39. The van der Waals surface area contributed by atoms with E-state index in [9.17, 15) is 9.90 Å². The van der Waals surface area contributed by atoms with Gasteiger partial charge in [-0.25, -0.2) is 0 Å². The molecule has 1 fully saturated rings. The van der Waals surface area contributed by atoms with Crippen molar-refractivity contribution in [3.8, 4) is 0 Å². The molecular weight excluding hydrogens is 266 g/mol. The van der Waals surface area contributed by atoms with Crippen molar-refractivity contribution in [1.29, 1.82) is 0 Å². The van der Waals surface area contributed by atoms with Gasteiger partial charge in [-0.1, -0.05) is 13.3 Å². The van der Waals surface area contributed by atoms with Crippen molar-refractivity contribution in [2.45, 2.75) is 59.0 Å². The van der Waals surface area contributed by atoms with Gasteiger partial charge in [-0.05, 0) is 45.7 Å². The van der Waals surface area contributed by atoms with Gasteiger partial charge < -0.3 is 5.11 Å². The highest BCUT2D eigenvalue weighted by atomic mass is 16.4. The lowest BCUT2D eigenvalue weighted by Crippen LogP contribution is -2.47. The van der Waals surface area contributed by atoms with E-state index in [0.717, 1.165) is 44.5 Å². The fraction of sp³-hybridized carbons (Fsp3) is 0.750. The second-order valence-electron chi connectivity index (χ2n) is 6.53. The number of carbonyl (C=O) groups is 1. The molecule has 1 atom stereocenters. The van der Waals surface area contributed by atoms with Crippen LogP contribution in [0.5, 0.6) is 0 Å². The van der Waals surface area contributed by atoms with E-state index >= 15 is 0 Å². The minimum Gasteiger partial charge on any atom is -0.481 e. The molecule has 5 heteroatoms. The highest BCUT2D eigenvalue weighted by molar-refractivity contribution is 5.75. The molecule has 0 spiro atoms. The molecule has 5 nitrogen and oxygen atoms in total. The Bertz CT molecular complexity index is 480. The number of hydrogen-bond acceptors (Lipinski definition) is 3. The zero-order valence-corrected chi connectivity index (χ0v) is 13.4. The van der Waals surface area contributed by atoms with Gasteiger partial charge >= 0.3 is 5.97 Å². The largest absolute Gasteiger partial charge is 0.481 e. The Morgan fingerprint density at radius 2 is 2.29 bits per heavy atom. The van der Waals surface area contributed by atoms with Crippen molar-refractivity contribution >= 4 is 5.97 Å². The van der Waals surface area contributed by atoms with Gasteiger partial charge in [0.05, 0.1) is 11.1 Å². The van der Waals surface area contributed by atoms with Crippen LogP contribution in [0.3, 0.4) is 0 Å². The Balaban J connectivity index is 2.04. The zero-order valence-electron chi connectivity index (χ0n) is 13.4. The van der Waals surface area contributed by atoms with Crippen LogP contribution in [-0.4, -0.2) is 38.8 Å². The van der Waals surface area contributed by atoms with Crippen molar-refractivity contribution in [2.24, 2.45) is 5.41 Å². The minimum atomic E-state index is -0.637. The van der Waals surface area contributed by atoms with E-state index in [1.807, 2.05) is 16.9 Å². The normalized spacial score (nSPS) is 23.6. The number of likely N-dealkylation sites (tertiary alicyclic amines) is 1. The van der Waals surface area contributed by atoms with Crippen LogP contribution in [0.25, 0.3) is 0 Å². The molecule has 1 aliphatic heterocycles. The average Bonchev–Trinajstić information content (AvgIpc) is 2.88. The molecule has 0 amide bonds. The topological polar surface area (TPSA) is 58.4 Å². The number of aliphatic carboxylic acids is 1. The van der Waals surface area contributed by atoms with Crippen molar-refractivity contribution in [1.82, 2.24) is 14.7 Å². The van der Waals surface area contributed by atoms with Crippen LogP contribution < -0.4 is 0 Å². The second-order valence-corrected chi connectivity index (χ2v) is 6.53. The molecule has 0 saturated carbocycles. The van der Waals surface area contributed by atoms with Crippen LogP contribution in [0.15, 0.2) is 12.3 Å². The molecule has 0 aliphatic carbocycles. The van der Waals surface area contributed by atoms with Gasteiger partial charge in [-0.3, -0.25) is 14.4 Å². The number of hydrogen-bond donors (Lipinski definition) is 1. The van der Waals surface area contributed by atoms with Crippen LogP contribution in [0.4, 0.5) is 0 Å². The third-order valence-electron chi connectivity index (χ3n) is 4.42. The molecule has 1 aromatic heterocycles. The summed E-state index contributed by atoms with van der Waals surface area (Å²) >= 11 is 0. The Kier molecular flexibility index (Phi) is 5.04. The standard InChI is InChI=1S/C16H27N3O2/c1-4-7-16(15(20)21)8-5-9-18(12-16)11-14-6-10-19(17-14)13(2)3/h6,10,13H,4-5,7-9,11-12H2,1-3H3,(H,20,21). The number of aromatic nitrogens is 2. The summed E-state index contributed by atoms with van der Waals surface area (Å²) in [6.45, 7) is 8.63. The van der Waals surface area contributed by atoms with Crippen molar-refractivity contribution in [3.63, 3.8) is 0 Å². The summed E-state index contributed by atoms with van der Waals surface area (Å²) in [5.41, 5.74) is 0.467. The molecule has 1 aromatic rings. The highest BCUT2D eigenvalue weighted by Crippen LogP contribution is 2.35. The summed E-state index contributed by atoms with van der Waals surface area (Å²) < 4.78 is 1.95. The lowest BCUT2D eigenvalue weighted by molar-refractivity contribution is -0.153. The van der Waals surface area contributed by atoms with Crippen molar-refractivity contribution < 1.29 is 9.90 Å². The molecule has 118 valence electrons. The third kappa shape index (κ3) is 3.64. The molecule has 1 aliphatic rings. The number of rotatable bonds is 6. The third-order valence-corrected chi connectivity index (χ3v) is 4.42. The number of carboxylic acid groups (broad SMARTS) is 1. The Labute approximate surface area is 126 Å². The number of nitrogens with zero attached hydrogens (tertiary/aromatic N) is 3. The first kappa shape index (κ1) is 16.0. The first-order chi connectivity index (χ1) is 9.97. The van der Waals surface area contributed by atoms with E-state index in [4.69, 9.17) is 0 Å². The first-order valence-electron chi connectivity index (χ1n) is 7.96. The van der Waals surface area contributed by atoms with Crippen molar-refractivity contribution in [2.75, 3.05) is 13.1 Å². The quantitative estimate of drug-likeness (QED) is 0.876. The smallest absolute Gasteiger partial charge is 0.310 e. The fourth-order valence-corrected chi connectivity index (χ4v) is 3.30. The number of piperidine rings is 1. The van der Waals surface area contributed by atoms with Gasteiger partial charge in [-0.15, -0.1) is 0 Å². The van der Waals surface area contributed by atoms with Crippen molar-refractivity contribution in [3.05, 3.63) is 18.0 Å². The maximum atomic E-state index is 11.7. The van der Waals surface area contributed by atoms with Gasteiger partial charge in [0.25, 0.3) is 0 Å². The Hall–Kier alpha value is -1.36. The molecule has 2 rings (SSSR count). The number of carboxylic acids is 1. The second kappa shape index (κ2) is 6.60. The molecule has 2 heterocycles.